The first-order valence-electron chi connectivity index (χ1n) is 6.41. The Morgan fingerprint density at radius 3 is 3.00 bits per heavy atom. The van der Waals surface area contributed by atoms with Gasteiger partial charge in [0.1, 0.15) is 5.82 Å². The van der Waals surface area contributed by atoms with Gasteiger partial charge < -0.3 is 14.6 Å². The Balaban J connectivity index is 2.33. The molecule has 0 aliphatic heterocycles. The quantitative estimate of drug-likeness (QED) is 0.715. The fourth-order valence-corrected chi connectivity index (χ4v) is 1.68. The number of aromatic nitrogens is 2. The van der Waals surface area contributed by atoms with Crippen molar-refractivity contribution in [1.29, 1.82) is 0 Å². The number of hydrogen-bond donors (Lipinski definition) is 1. The van der Waals surface area contributed by atoms with Gasteiger partial charge in [0.25, 0.3) is 0 Å². The highest BCUT2D eigenvalue weighted by Gasteiger charge is 2.04. The van der Waals surface area contributed by atoms with Gasteiger partial charge >= 0.3 is 5.97 Å². The van der Waals surface area contributed by atoms with Crippen molar-refractivity contribution < 1.29 is 9.53 Å². The molecule has 5 nitrogen and oxygen atoms in total. The first kappa shape index (κ1) is 14.7. The molecule has 0 saturated heterocycles. The summed E-state index contributed by atoms with van der Waals surface area (Å²) < 4.78 is 6.69. The third kappa shape index (κ3) is 5.31. The van der Waals surface area contributed by atoms with Gasteiger partial charge in [-0.3, -0.25) is 4.79 Å². The number of nitrogens with one attached hydrogen (secondary N) is 1. The molecule has 0 aromatic carbocycles. The van der Waals surface area contributed by atoms with Crippen LogP contribution in [0.5, 0.6) is 0 Å². The number of hydrogen-bond acceptors (Lipinski definition) is 4. The van der Waals surface area contributed by atoms with E-state index in [0.717, 1.165) is 31.9 Å². The smallest absolute Gasteiger partial charge is 0.305 e. The lowest BCUT2D eigenvalue weighted by Gasteiger charge is -2.09. The average molecular weight is 253 g/mol. The van der Waals surface area contributed by atoms with E-state index in [9.17, 15) is 4.79 Å². The molecule has 0 aliphatic rings. The van der Waals surface area contributed by atoms with Crippen LogP contribution < -0.4 is 5.32 Å². The van der Waals surface area contributed by atoms with Crippen molar-refractivity contribution in [2.45, 2.75) is 39.8 Å². The molecular formula is C13H23N3O2. The van der Waals surface area contributed by atoms with Crippen LogP contribution in [0.4, 0.5) is 0 Å². The summed E-state index contributed by atoms with van der Waals surface area (Å²) >= 11 is 0. The Bertz CT molecular complexity index is 361. The molecule has 1 aromatic rings. The second-order valence-electron chi connectivity index (χ2n) is 4.74. The minimum Gasteiger partial charge on any atom is -0.469 e. The fourth-order valence-electron chi connectivity index (χ4n) is 1.68. The SMILES string of the molecule is COC(=O)CCCn1ccnc1CNCC(C)C. The maximum Gasteiger partial charge on any atom is 0.305 e. The number of nitrogens with zero attached hydrogens (tertiary/aromatic N) is 2. The second-order valence-corrected chi connectivity index (χ2v) is 4.74. The maximum atomic E-state index is 11.0. The van der Waals surface area contributed by atoms with E-state index < -0.39 is 0 Å². The molecule has 0 amide bonds. The summed E-state index contributed by atoms with van der Waals surface area (Å²) in [6.07, 6.45) is 4.97. The Morgan fingerprint density at radius 2 is 2.33 bits per heavy atom. The van der Waals surface area contributed by atoms with Crippen LogP contribution >= 0.6 is 0 Å². The van der Waals surface area contributed by atoms with Crippen LogP contribution in [-0.4, -0.2) is 29.2 Å². The first-order chi connectivity index (χ1) is 8.63. The molecule has 0 bridgehead atoms. The van der Waals surface area contributed by atoms with Crippen molar-refractivity contribution in [3.63, 3.8) is 0 Å². The predicted molar refractivity (Wildman–Crippen MR) is 70.0 cm³/mol. The maximum absolute atomic E-state index is 11.0. The summed E-state index contributed by atoms with van der Waals surface area (Å²) in [6.45, 7) is 6.90. The van der Waals surface area contributed by atoms with E-state index in [1.807, 2.05) is 6.20 Å². The number of esters is 1. The van der Waals surface area contributed by atoms with E-state index in [0.29, 0.717) is 12.3 Å². The number of imidazole rings is 1. The molecule has 0 spiro atoms. The van der Waals surface area contributed by atoms with Gasteiger partial charge in [0.05, 0.1) is 13.7 Å². The topological polar surface area (TPSA) is 56.2 Å². The fraction of sp³-hybridized carbons (Fsp3) is 0.692. The van der Waals surface area contributed by atoms with E-state index in [-0.39, 0.29) is 5.97 Å². The number of aryl methyl sites for hydroxylation is 1. The molecule has 0 saturated carbocycles. The summed E-state index contributed by atoms with van der Waals surface area (Å²) in [7, 11) is 1.42. The summed E-state index contributed by atoms with van der Waals surface area (Å²) in [5.74, 6) is 1.49. The minimum absolute atomic E-state index is 0.158. The monoisotopic (exact) mass is 253 g/mol. The van der Waals surface area contributed by atoms with E-state index in [1.165, 1.54) is 7.11 Å². The lowest BCUT2D eigenvalue weighted by Crippen LogP contribution is -2.21. The van der Waals surface area contributed by atoms with Crippen LogP contribution in [0.2, 0.25) is 0 Å². The van der Waals surface area contributed by atoms with Crippen molar-refractivity contribution in [1.82, 2.24) is 14.9 Å². The van der Waals surface area contributed by atoms with E-state index in [2.05, 4.69) is 33.5 Å². The highest BCUT2D eigenvalue weighted by Crippen LogP contribution is 2.02. The van der Waals surface area contributed by atoms with Gasteiger partial charge in [-0.2, -0.15) is 0 Å². The molecule has 0 atom stereocenters. The highest BCUT2D eigenvalue weighted by atomic mass is 16.5. The van der Waals surface area contributed by atoms with Gasteiger partial charge in [0.15, 0.2) is 0 Å². The lowest BCUT2D eigenvalue weighted by atomic mass is 10.2. The van der Waals surface area contributed by atoms with Crippen LogP contribution in [-0.2, 0) is 22.6 Å². The van der Waals surface area contributed by atoms with Crippen molar-refractivity contribution >= 4 is 5.97 Å². The summed E-state index contributed by atoms with van der Waals surface area (Å²) in [5.41, 5.74) is 0. The number of methoxy groups -OCH3 is 1. The zero-order chi connectivity index (χ0) is 13.4. The molecule has 1 aromatic heterocycles. The van der Waals surface area contributed by atoms with Crippen LogP contribution in [0.25, 0.3) is 0 Å². The van der Waals surface area contributed by atoms with Gasteiger partial charge in [0, 0.05) is 25.4 Å². The summed E-state index contributed by atoms with van der Waals surface area (Å²) in [6, 6.07) is 0. The Morgan fingerprint density at radius 1 is 1.56 bits per heavy atom. The molecule has 102 valence electrons. The number of ether oxygens (including phenoxy) is 1. The molecule has 0 unspecified atom stereocenters. The molecule has 18 heavy (non-hydrogen) atoms. The van der Waals surface area contributed by atoms with Crippen molar-refractivity contribution in [2.75, 3.05) is 13.7 Å². The number of carbonyl (C=O) groups is 1. The highest BCUT2D eigenvalue weighted by molar-refractivity contribution is 5.68. The Labute approximate surface area is 109 Å². The zero-order valence-corrected chi connectivity index (χ0v) is 11.5. The van der Waals surface area contributed by atoms with Crippen LogP contribution in [0, 0.1) is 5.92 Å². The molecule has 0 fully saturated rings. The van der Waals surface area contributed by atoms with Gasteiger partial charge in [-0.15, -0.1) is 0 Å². The van der Waals surface area contributed by atoms with E-state index in [1.54, 1.807) is 6.20 Å². The van der Waals surface area contributed by atoms with Crippen LogP contribution in [0.3, 0.4) is 0 Å². The molecule has 1 rings (SSSR count). The molecule has 1 N–H and O–H groups in total. The van der Waals surface area contributed by atoms with Crippen molar-refractivity contribution in [3.05, 3.63) is 18.2 Å². The third-order valence-corrected chi connectivity index (χ3v) is 2.64. The Kier molecular flexibility index (Phi) is 6.43. The third-order valence-electron chi connectivity index (χ3n) is 2.64. The standard InChI is InChI=1S/C13H23N3O2/c1-11(2)9-14-10-12-15-6-8-16(12)7-4-5-13(17)18-3/h6,8,11,14H,4-5,7,9-10H2,1-3H3. The molecular weight excluding hydrogens is 230 g/mol. The van der Waals surface area contributed by atoms with Gasteiger partial charge in [-0.1, -0.05) is 13.8 Å². The van der Waals surface area contributed by atoms with Crippen molar-refractivity contribution in [2.24, 2.45) is 5.92 Å². The Hall–Kier alpha value is -1.36. The van der Waals surface area contributed by atoms with Crippen LogP contribution in [0.15, 0.2) is 12.4 Å². The lowest BCUT2D eigenvalue weighted by molar-refractivity contribution is -0.140. The molecule has 0 aliphatic carbocycles. The summed E-state index contributed by atoms with van der Waals surface area (Å²) in [5, 5.41) is 3.36. The van der Waals surface area contributed by atoms with Gasteiger partial charge in [-0.05, 0) is 18.9 Å². The van der Waals surface area contributed by atoms with Crippen LogP contribution in [0.1, 0.15) is 32.5 Å². The largest absolute Gasteiger partial charge is 0.469 e. The molecule has 0 radical (unpaired) electrons. The minimum atomic E-state index is -0.158. The number of rotatable bonds is 8. The van der Waals surface area contributed by atoms with Crippen molar-refractivity contribution in [3.8, 4) is 0 Å². The normalized spacial score (nSPS) is 10.9. The average Bonchev–Trinajstić information content (AvgIpc) is 2.76. The molecule has 5 heteroatoms. The number of carbonyl (C=O) groups excluding carboxylic acids is 1. The van der Waals surface area contributed by atoms with E-state index >= 15 is 0 Å². The zero-order valence-electron chi connectivity index (χ0n) is 11.5. The van der Waals surface area contributed by atoms with E-state index in [4.69, 9.17) is 0 Å². The predicted octanol–water partition coefficient (Wildman–Crippen LogP) is 1.58. The van der Waals surface area contributed by atoms with Gasteiger partial charge in [0.2, 0.25) is 0 Å². The van der Waals surface area contributed by atoms with Gasteiger partial charge in [-0.25, -0.2) is 4.98 Å². The first-order valence-corrected chi connectivity index (χ1v) is 6.41. The second kappa shape index (κ2) is 7.87. The summed E-state index contributed by atoms with van der Waals surface area (Å²) in [4.78, 5) is 15.3. The molecule has 1 heterocycles.